The largest absolute Gasteiger partial charge is 0.382 e. The zero-order valence-corrected chi connectivity index (χ0v) is 15.7. The normalized spacial score (nSPS) is 10.5. The van der Waals surface area contributed by atoms with E-state index in [4.69, 9.17) is 4.74 Å². The zero-order valence-electron chi connectivity index (χ0n) is 13.4. The number of halogens is 1. The first-order valence-corrected chi connectivity index (χ1v) is 7.02. The van der Waals surface area contributed by atoms with Gasteiger partial charge >= 0.3 is 0 Å². The molecule has 0 unspecified atom stereocenters. The summed E-state index contributed by atoms with van der Waals surface area (Å²) in [5.41, 5.74) is 0. The van der Waals surface area contributed by atoms with Gasteiger partial charge < -0.3 is 20.3 Å². The van der Waals surface area contributed by atoms with Gasteiger partial charge in [-0.1, -0.05) is 6.08 Å². The van der Waals surface area contributed by atoms with Gasteiger partial charge in [-0.3, -0.25) is 4.79 Å². The minimum Gasteiger partial charge on any atom is -0.382 e. The maximum absolute atomic E-state index is 11.5. The number of carbonyl (C=O) groups excluding carboxylic acids is 1. The van der Waals surface area contributed by atoms with Gasteiger partial charge in [0, 0.05) is 40.4 Å². The van der Waals surface area contributed by atoms with Gasteiger partial charge in [0.2, 0.25) is 5.91 Å². The van der Waals surface area contributed by atoms with Crippen LogP contribution >= 0.6 is 24.0 Å². The van der Waals surface area contributed by atoms with Crippen molar-refractivity contribution in [1.82, 2.24) is 15.5 Å². The molecule has 0 aromatic rings. The van der Waals surface area contributed by atoms with Crippen molar-refractivity contribution < 1.29 is 9.53 Å². The fourth-order valence-electron chi connectivity index (χ4n) is 1.31. The molecule has 0 aliphatic rings. The number of unbranched alkanes of at least 4 members (excludes halogenated alkanes) is 1. The number of ether oxygens (including phenoxy) is 1. The van der Waals surface area contributed by atoms with Gasteiger partial charge in [0.25, 0.3) is 0 Å². The third kappa shape index (κ3) is 13.9. The first kappa shape index (κ1) is 22.5. The minimum absolute atomic E-state index is 0. The molecule has 7 heteroatoms. The predicted molar refractivity (Wildman–Crippen MR) is 98.3 cm³/mol. The first-order chi connectivity index (χ1) is 9.61. The lowest BCUT2D eigenvalue weighted by Gasteiger charge is -2.12. The van der Waals surface area contributed by atoms with E-state index in [0.29, 0.717) is 12.5 Å². The molecule has 0 bridgehead atoms. The Hall–Kier alpha value is -0.830. The second-order valence-corrected chi connectivity index (χ2v) is 4.45. The maximum atomic E-state index is 11.5. The number of nitrogens with zero attached hydrogens (tertiary/aromatic N) is 2. The number of nitrogens with one attached hydrogen (secondary N) is 2. The zero-order chi connectivity index (χ0) is 15.2. The van der Waals surface area contributed by atoms with Crippen LogP contribution in [0.4, 0.5) is 0 Å². The van der Waals surface area contributed by atoms with Gasteiger partial charge in [-0.2, -0.15) is 0 Å². The smallest absolute Gasteiger partial charge is 0.243 e. The molecule has 1 amide bonds. The summed E-state index contributed by atoms with van der Waals surface area (Å²) in [5.74, 6) is 0.609. The Morgan fingerprint density at radius 3 is 2.62 bits per heavy atom. The van der Waals surface area contributed by atoms with Gasteiger partial charge in [0.15, 0.2) is 5.96 Å². The number of hydrogen-bond donors (Lipinski definition) is 2. The van der Waals surface area contributed by atoms with Crippen molar-refractivity contribution >= 4 is 35.8 Å². The average molecular weight is 412 g/mol. The van der Waals surface area contributed by atoms with Crippen molar-refractivity contribution in [2.24, 2.45) is 4.99 Å². The fraction of sp³-hybridized carbons (Fsp3) is 0.714. The predicted octanol–water partition coefficient (Wildman–Crippen LogP) is 1.23. The van der Waals surface area contributed by atoms with Crippen molar-refractivity contribution in [1.29, 1.82) is 0 Å². The number of hydrogen-bond acceptors (Lipinski definition) is 3. The van der Waals surface area contributed by atoms with Crippen molar-refractivity contribution in [3.05, 3.63) is 12.7 Å². The molecule has 6 nitrogen and oxygen atoms in total. The highest BCUT2D eigenvalue weighted by molar-refractivity contribution is 14.0. The van der Waals surface area contributed by atoms with E-state index in [-0.39, 0.29) is 36.4 Å². The van der Waals surface area contributed by atoms with E-state index in [0.717, 1.165) is 32.6 Å². The second-order valence-electron chi connectivity index (χ2n) is 4.45. The highest BCUT2D eigenvalue weighted by atomic mass is 127. The van der Waals surface area contributed by atoms with Gasteiger partial charge in [0.1, 0.15) is 6.54 Å². The standard InChI is InChI=1S/C14H28N4O2.HI/c1-5-9-15-14(17-12-13(19)18(3)4)16-10-7-8-11-20-6-2;/h5H,1,6-12H2,2-4H3,(H2,15,16,17);1H. The average Bonchev–Trinajstić information content (AvgIpc) is 2.44. The van der Waals surface area contributed by atoms with Gasteiger partial charge in [-0.25, -0.2) is 4.99 Å². The van der Waals surface area contributed by atoms with Crippen LogP contribution in [-0.2, 0) is 9.53 Å². The lowest BCUT2D eigenvalue weighted by atomic mass is 10.3. The second kappa shape index (κ2) is 15.6. The molecule has 0 saturated heterocycles. The van der Waals surface area contributed by atoms with Gasteiger partial charge in [0.05, 0.1) is 0 Å². The summed E-state index contributed by atoms with van der Waals surface area (Å²) < 4.78 is 5.27. The molecule has 21 heavy (non-hydrogen) atoms. The SMILES string of the molecule is C=CCNC(=NCC(=O)N(C)C)NCCCCOCC.I. The molecule has 2 N–H and O–H groups in total. The van der Waals surface area contributed by atoms with E-state index in [9.17, 15) is 4.79 Å². The molecular weight excluding hydrogens is 383 g/mol. The van der Waals surface area contributed by atoms with E-state index in [2.05, 4.69) is 22.2 Å². The first-order valence-electron chi connectivity index (χ1n) is 7.02. The Balaban J connectivity index is 0. The van der Waals surface area contributed by atoms with Crippen LogP contribution < -0.4 is 10.6 Å². The topological polar surface area (TPSA) is 66.0 Å². The number of amides is 1. The number of likely N-dealkylation sites (N-methyl/N-ethyl adjacent to an activating group) is 1. The summed E-state index contributed by atoms with van der Waals surface area (Å²) in [7, 11) is 3.44. The molecule has 0 heterocycles. The van der Waals surface area contributed by atoms with Crippen LogP contribution in [0.1, 0.15) is 19.8 Å². The molecule has 0 aliphatic carbocycles. The Morgan fingerprint density at radius 1 is 1.33 bits per heavy atom. The maximum Gasteiger partial charge on any atom is 0.243 e. The van der Waals surface area contributed by atoms with Crippen LogP contribution in [0.2, 0.25) is 0 Å². The van der Waals surface area contributed by atoms with Crippen LogP contribution in [0.3, 0.4) is 0 Å². The summed E-state index contributed by atoms with van der Waals surface area (Å²) in [6, 6.07) is 0. The van der Waals surface area contributed by atoms with E-state index < -0.39 is 0 Å². The molecule has 0 radical (unpaired) electrons. The molecule has 0 atom stereocenters. The molecule has 0 rings (SSSR count). The Labute approximate surface area is 145 Å². The van der Waals surface area contributed by atoms with Crippen LogP contribution in [0.15, 0.2) is 17.6 Å². The minimum atomic E-state index is -0.0268. The lowest BCUT2D eigenvalue weighted by Crippen LogP contribution is -2.39. The Kier molecular flexibility index (Phi) is 16.6. The van der Waals surface area contributed by atoms with Crippen molar-refractivity contribution in [2.75, 3.05) is 46.9 Å². The third-order valence-corrected chi connectivity index (χ3v) is 2.50. The number of guanidine groups is 1. The van der Waals surface area contributed by atoms with Gasteiger partial charge in [-0.15, -0.1) is 30.6 Å². The van der Waals surface area contributed by atoms with Crippen LogP contribution in [-0.4, -0.2) is 63.7 Å². The van der Waals surface area contributed by atoms with Crippen LogP contribution in [0, 0.1) is 0 Å². The van der Waals surface area contributed by atoms with Crippen molar-refractivity contribution in [2.45, 2.75) is 19.8 Å². The van der Waals surface area contributed by atoms with E-state index >= 15 is 0 Å². The number of carbonyl (C=O) groups is 1. The van der Waals surface area contributed by atoms with E-state index in [1.807, 2.05) is 6.92 Å². The molecular formula is C14H29IN4O2. The van der Waals surface area contributed by atoms with Crippen molar-refractivity contribution in [3.8, 4) is 0 Å². The molecule has 0 aromatic carbocycles. The fourth-order valence-corrected chi connectivity index (χ4v) is 1.31. The molecule has 0 aromatic heterocycles. The van der Waals surface area contributed by atoms with Crippen LogP contribution in [0.25, 0.3) is 0 Å². The molecule has 124 valence electrons. The molecule has 0 spiro atoms. The highest BCUT2D eigenvalue weighted by Crippen LogP contribution is 1.89. The number of rotatable bonds is 10. The molecule has 0 saturated carbocycles. The number of aliphatic imine (C=N–C) groups is 1. The van der Waals surface area contributed by atoms with E-state index in [1.54, 1.807) is 20.2 Å². The summed E-state index contributed by atoms with van der Waals surface area (Å²) in [6.07, 6.45) is 3.75. The summed E-state index contributed by atoms with van der Waals surface area (Å²) in [5, 5.41) is 6.28. The summed E-state index contributed by atoms with van der Waals surface area (Å²) in [6.45, 7) is 8.73. The van der Waals surface area contributed by atoms with E-state index in [1.165, 1.54) is 4.90 Å². The summed E-state index contributed by atoms with van der Waals surface area (Å²) >= 11 is 0. The molecule has 0 aliphatic heterocycles. The Bertz CT molecular complexity index is 309. The molecule has 0 fully saturated rings. The highest BCUT2D eigenvalue weighted by Gasteiger charge is 2.03. The lowest BCUT2D eigenvalue weighted by molar-refractivity contribution is -0.127. The third-order valence-electron chi connectivity index (χ3n) is 2.50. The van der Waals surface area contributed by atoms with Crippen molar-refractivity contribution in [3.63, 3.8) is 0 Å². The van der Waals surface area contributed by atoms with Crippen LogP contribution in [0.5, 0.6) is 0 Å². The summed E-state index contributed by atoms with van der Waals surface area (Å²) in [4.78, 5) is 17.3. The monoisotopic (exact) mass is 412 g/mol. The van der Waals surface area contributed by atoms with Gasteiger partial charge in [-0.05, 0) is 19.8 Å². The quantitative estimate of drug-likeness (QED) is 0.186. The Morgan fingerprint density at radius 2 is 2.05 bits per heavy atom.